The first-order valence-corrected chi connectivity index (χ1v) is 15.5. The Hall–Kier alpha value is -3.49. The van der Waals surface area contributed by atoms with Gasteiger partial charge >= 0.3 is 5.97 Å². The summed E-state index contributed by atoms with van der Waals surface area (Å²) in [5, 5.41) is 29.4. The third-order valence-corrected chi connectivity index (χ3v) is 11.4. The molecule has 0 unspecified atom stereocenters. The fourth-order valence-corrected chi connectivity index (χ4v) is 8.77. The monoisotopic (exact) mass is 604 g/mol. The van der Waals surface area contributed by atoms with E-state index in [1.165, 1.54) is 6.07 Å². The number of carbonyl (C=O) groups excluding carboxylic acids is 3. The second-order valence-electron chi connectivity index (χ2n) is 13.5. The van der Waals surface area contributed by atoms with Crippen molar-refractivity contribution in [3.63, 3.8) is 0 Å². The lowest BCUT2D eigenvalue weighted by Crippen LogP contribution is -2.60. The lowest BCUT2D eigenvalue weighted by Gasteiger charge is -2.57. The minimum atomic E-state index is -1.60. The van der Waals surface area contributed by atoms with Crippen molar-refractivity contribution >= 4 is 23.3 Å². The van der Waals surface area contributed by atoms with E-state index < -0.39 is 41.1 Å². The number of aliphatic hydroxyl groups is 2. The zero-order chi connectivity index (χ0) is 32.0. The molecule has 0 bridgehead atoms. The summed E-state index contributed by atoms with van der Waals surface area (Å²) in [6.45, 7) is 4.85. The number of ketones is 3. The maximum Gasteiger partial charge on any atom is 0.310 e. The maximum absolute atomic E-state index is 14.0. The van der Waals surface area contributed by atoms with Crippen LogP contribution in [0.5, 0.6) is 0 Å². The summed E-state index contributed by atoms with van der Waals surface area (Å²) in [5.41, 5.74) is 0.184. The number of allylic oxidation sites excluding steroid dienone is 1. The number of rotatable bonds is 5. The fourth-order valence-electron chi connectivity index (χ4n) is 8.77. The molecule has 0 heterocycles. The van der Waals surface area contributed by atoms with Gasteiger partial charge in [0.15, 0.2) is 11.6 Å². The predicted octanol–water partition coefficient (Wildman–Crippen LogP) is 5.67. The molecule has 0 amide bonds. The maximum atomic E-state index is 14.0. The largest absolute Gasteiger partial charge is 0.481 e. The van der Waals surface area contributed by atoms with Gasteiger partial charge in [0.1, 0.15) is 23.8 Å². The molecule has 7 atom stereocenters. The molecule has 4 aliphatic carbocycles. The van der Waals surface area contributed by atoms with E-state index in [1.54, 1.807) is 25.1 Å². The van der Waals surface area contributed by atoms with Gasteiger partial charge in [-0.2, -0.15) is 0 Å². The standard InChI is InChI=1S/C21H28O5.C15H13FO2/c1-19-7-5-13(23)9-12(19)3-4-14-15-6-8-21(26,17(25)11-22)20(15,2)10-16(24)18(14)19;1-10(15(17)18)12-7-8-13(14(16)9-12)11-5-3-2-4-6-11/h9,14-15,18,22,26H,3-8,10-11H2,1-2H3;2-10H,1H3,(H,17,18)/t14-,15-,18+,19-,20-,21-;10-/m01/s1. The number of Topliss-reactive ketones (excluding diaryl/α,β-unsaturated/α-hetero) is 2. The van der Waals surface area contributed by atoms with Crippen LogP contribution in [0.25, 0.3) is 11.1 Å². The number of aliphatic carboxylic acids is 1. The second-order valence-corrected chi connectivity index (χ2v) is 13.5. The molecule has 3 fully saturated rings. The molecule has 0 aromatic heterocycles. The lowest BCUT2D eigenvalue weighted by atomic mass is 9.46. The highest BCUT2D eigenvalue weighted by Gasteiger charge is 2.68. The zero-order valence-corrected chi connectivity index (χ0v) is 25.5. The number of hydrogen-bond donors (Lipinski definition) is 3. The van der Waals surface area contributed by atoms with E-state index in [4.69, 9.17) is 5.11 Å². The highest BCUT2D eigenvalue weighted by atomic mass is 19.1. The molecule has 3 N–H and O–H groups in total. The van der Waals surface area contributed by atoms with Crippen LogP contribution in [0.3, 0.4) is 0 Å². The minimum absolute atomic E-state index is 0.0988. The zero-order valence-electron chi connectivity index (χ0n) is 25.5. The third kappa shape index (κ3) is 5.16. The first-order chi connectivity index (χ1) is 20.8. The van der Waals surface area contributed by atoms with Gasteiger partial charge in [0.2, 0.25) is 0 Å². The first kappa shape index (κ1) is 31.9. The second kappa shape index (κ2) is 11.8. The van der Waals surface area contributed by atoms with Crippen LogP contribution in [0.4, 0.5) is 4.39 Å². The first-order valence-electron chi connectivity index (χ1n) is 15.5. The molecule has 0 saturated heterocycles. The summed E-state index contributed by atoms with van der Waals surface area (Å²) in [6, 6.07) is 13.7. The van der Waals surface area contributed by atoms with Crippen molar-refractivity contribution < 1.29 is 38.9 Å². The summed E-state index contributed by atoms with van der Waals surface area (Å²) in [4.78, 5) is 48.4. The number of halogens is 1. The number of aliphatic hydroxyl groups excluding tert-OH is 1. The van der Waals surface area contributed by atoms with Crippen molar-refractivity contribution in [3.05, 3.63) is 71.6 Å². The normalized spacial score (nSPS) is 33.1. The highest BCUT2D eigenvalue weighted by molar-refractivity contribution is 5.94. The number of carboxylic acid groups (broad SMARTS) is 1. The van der Waals surface area contributed by atoms with Crippen LogP contribution in [0, 0.1) is 34.4 Å². The molecular weight excluding hydrogens is 563 g/mol. The Morgan fingerprint density at radius 1 is 1.02 bits per heavy atom. The smallest absolute Gasteiger partial charge is 0.310 e. The number of fused-ring (bicyclic) bond motifs is 5. The quantitative estimate of drug-likeness (QED) is 0.401. The molecule has 6 rings (SSSR count). The van der Waals surface area contributed by atoms with Gasteiger partial charge in [-0.3, -0.25) is 19.2 Å². The topological polar surface area (TPSA) is 129 Å². The number of carbonyl (C=O) groups is 4. The molecule has 3 saturated carbocycles. The lowest BCUT2D eigenvalue weighted by molar-refractivity contribution is -0.170. The molecule has 0 spiro atoms. The molecule has 234 valence electrons. The molecule has 8 heteroatoms. The third-order valence-electron chi connectivity index (χ3n) is 11.4. The van der Waals surface area contributed by atoms with Crippen LogP contribution in [0.15, 0.2) is 60.2 Å². The summed E-state index contributed by atoms with van der Waals surface area (Å²) >= 11 is 0. The van der Waals surface area contributed by atoms with E-state index >= 15 is 0 Å². The Morgan fingerprint density at radius 2 is 1.73 bits per heavy atom. The molecule has 2 aromatic rings. The van der Waals surface area contributed by atoms with Crippen molar-refractivity contribution in [2.45, 2.75) is 77.2 Å². The molecule has 44 heavy (non-hydrogen) atoms. The summed E-state index contributed by atoms with van der Waals surface area (Å²) < 4.78 is 14.0. The van der Waals surface area contributed by atoms with E-state index in [1.807, 2.05) is 37.3 Å². The Kier molecular flexibility index (Phi) is 8.55. The Balaban J connectivity index is 0.000000187. The summed E-state index contributed by atoms with van der Waals surface area (Å²) in [7, 11) is 0. The van der Waals surface area contributed by atoms with Gasteiger partial charge in [0, 0.05) is 29.7 Å². The van der Waals surface area contributed by atoms with Crippen molar-refractivity contribution in [3.8, 4) is 11.1 Å². The van der Waals surface area contributed by atoms with E-state index in [2.05, 4.69) is 6.92 Å². The fraction of sp³-hybridized carbons (Fsp3) is 0.500. The molecule has 0 radical (unpaired) electrons. The number of benzene rings is 2. The van der Waals surface area contributed by atoms with Crippen LogP contribution in [-0.4, -0.2) is 50.8 Å². The molecule has 7 nitrogen and oxygen atoms in total. The Bertz CT molecular complexity index is 1520. The van der Waals surface area contributed by atoms with Crippen molar-refractivity contribution in [2.75, 3.05) is 6.61 Å². The van der Waals surface area contributed by atoms with Crippen LogP contribution in [0.2, 0.25) is 0 Å². The highest BCUT2D eigenvalue weighted by Crippen LogP contribution is 2.66. The average Bonchev–Trinajstić information content (AvgIpc) is 3.27. The van der Waals surface area contributed by atoms with Gasteiger partial charge in [0.05, 0.1) is 5.92 Å². The molecule has 2 aromatic carbocycles. The van der Waals surface area contributed by atoms with Crippen LogP contribution in [0.1, 0.15) is 77.2 Å². The Morgan fingerprint density at radius 3 is 2.36 bits per heavy atom. The van der Waals surface area contributed by atoms with Crippen molar-refractivity contribution in [1.82, 2.24) is 0 Å². The van der Waals surface area contributed by atoms with Crippen molar-refractivity contribution in [1.29, 1.82) is 0 Å². The number of hydrogen-bond acceptors (Lipinski definition) is 6. The molecule has 0 aliphatic heterocycles. The van der Waals surface area contributed by atoms with Gasteiger partial charge in [-0.05, 0) is 79.5 Å². The SMILES string of the molecule is C[C@@H](C(=O)O)c1ccc(-c2ccccc2)c(F)c1.C[C@]12CCC(=O)C=C1CC[C@@H]1[C@@H]2C(=O)C[C@@]2(C)[C@H]1CC[C@]2(O)C(=O)CO. The minimum Gasteiger partial charge on any atom is -0.481 e. The van der Waals surface area contributed by atoms with E-state index in [0.29, 0.717) is 36.8 Å². The van der Waals surface area contributed by atoms with E-state index in [0.717, 1.165) is 24.0 Å². The molecule has 4 aliphatic rings. The van der Waals surface area contributed by atoms with E-state index in [9.17, 15) is 33.8 Å². The van der Waals surface area contributed by atoms with Crippen LogP contribution >= 0.6 is 0 Å². The Labute approximate surface area is 257 Å². The number of carboxylic acids is 1. The van der Waals surface area contributed by atoms with Crippen LogP contribution in [-0.2, 0) is 19.2 Å². The summed E-state index contributed by atoms with van der Waals surface area (Å²) in [5.74, 6) is -2.23. The van der Waals surface area contributed by atoms with E-state index in [-0.39, 0.29) is 41.2 Å². The van der Waals surface area contributed by atoms with Gasteiger partial charge in [-0.1, -0.05) is 61.9 Å². The van der Waals surface area contributed by atoms with Gasteiger partial charge in [-0.25, -0.2) is 4.39 Å². The average molecular weight is 605 g/mol. The predicted molar refractivity (Wildman–Crippen MR) is 162 cm³/mol. The van der Waals surface area contributed by atoms with Crippen molar-refractivity contribution in [2.24, 2.45) is 28.6 Å². The van der Waals surface area contributed by atoms with Crippen LogP contribution < -0.4 is 0 Å². The van der Waals surface area contributed by atoms with Gasteiger partial charge in [-0.15, -0.1) is 0 Å². The van der Waals surface area contributed by atoms with Gasteiger partial charge < -0.3 is 15.3 Å². The van der Waals surface area contributed by atoms with Gasteiger partial charge in [0.25, 0.3) is 0 Å². The summed E-state index contributed by atoms with van der Waals surface area (Å²) in [6.07, 6.45) is 5.83. The molecular formula is C36H41FO7.